The summed E-state index contributed by atoms with van der Waals surface area (Å²) in [5.74, 6) is -1.72. The molecule has 110 valence electrons. The molecule has 1 atom stereocenters. The molecule has 0 aromatic heterocycles. The average molecular weight is 306 g/mol. The molecule has 2 rings (SSSR count). The highest BCUT2D eigenvalue weighted by atomic mass is 32.2. The van der Waals surface area contributed by atoms with Crippen molar-refractivity contribution in [1.29, 1.82) is 0 Å². The molecular weight excluding hydrogens is 291 g/mol. The topological polar surface area (TPSA) is 54.4 Å². The first kappa shape index (κ1) is 15.4. The number of halogens is 1. The number of carboxylic acid groups (broad SMARTS) is 1. The molecule has 5 heteroatoms. The van der Waals surface area contributed by atoms with Gasteiger partial charge < -0.3 is 5.11 Å². The zero-order valence-corrected chi connectivity index (χ0v) is 12.5. The van der Waals surface area contributed by atoms with Gasteiger partial charge in [0, 0.05) is 10.5 Å². The van der Waals surface area contributed by atoms with Crippen molar-refractivity contribution in [3.05, 3.63) is 64.5 Å². The molecule has 1 N–H and O–H groups in total. The second kappa shape index (κ2) is 6.18. The summed E-state index contributed by atoms with van der Waals surface area (Å²) in [5.41, 5.74) is 2.24. The summed E-state index contributed by atoms with van der Waals surface area (Å²) in [7, 11) is -1.42. The zero-order valence-electron chi connectivity index (χ0n) is 11.7. The van der Waals surface area contributed by atoms with Gasteiger partial charge >= 0.3 is 5.97 Å². The Bertz CT molecular complexity index is 725. The highest BCUT2D eigenvalue weighted by Crippen LogP contribution is 2.19. The van der Waals surface area contributed by atoms with Crippen LogP contribution in [0.3, 0.4) is 0 Å². The molecule has 0 radical (unpaired) electrons. The third-order valence-corrected chi connectivity index (χ3v) is 4.67. The summed E-state index contributed by atoms with van der Waals surface area (Å²) >= 11 is 0. The average Bonchev–Trinajstić information content (AvgIpc) is 2.43. The van der Waals surface area contributed by atoms with Crippen molar-refractivity contribution < 1.29 is 18.5 Å². The number of aryl methyl sites for hydroxylation is 2. The van der Waals surface area contributed by atoms with Crippen LogP contribution in [0.4, 0.5) is 4.39 Å². The Morgan fingerprint density at radius 3 is 2.48 bits per heavy atom. The van der Waals surface area contributed by atoms with E-state index in [0.717, 1.165) is 17.2 Å². The predicted molar refractivity (Wildman–Crippen MR) is 79.4 cm³/mol. The Labute approximate surface area is 124 Å². The maximum absolute atomic E-state index is 13.7. The summed E-state index contributed by atoms with van der Waals surface area (Å²) in [6, 6.07) is 8.95. The fourth-order valence-electron chi connectivity index (χ4n) is 1.90. The molecule has 3 nitrogen and oxygen atoms in total. The maximum Gasteiger partial charge on any atom is 0.335 e. The number of carbonyl (C=O) groups is 1. The summed E-state index contributed by atoms with van der Waals surface area (Å²) in [6.45, 7) is 3.87. The molecule has 0 aliphatic heterocycles. The van der Waals surface area contributed by atoms with Crippen LogP contribution in [0.15, 0.2) is 41.3 Å². The largest absolute Gasteiger partial charge is 0.478 e. The molecule has 0 saturated heterocycles. The molecule has 0 fully saturated rings. The Morgan fingerprint density at radius 1 is 1.14 bits per heavy atom. The van der Waals surface area contributed by atoms with Crippen molar-refractivity contribution in [2.24, 2.45) is 0 Å². The summed E-state index contributed by atoms with van der Waals surface area (Å²) in [5, 5.41) is 8.92. The van der Waals surface area contributed by atoms with E-state index in [2.05, 4.69) is 0 Å². The van der Waals surface area contributed by atoms with Gasteiger partial charge in [0.05, 0.1) is 22.1 Å². The van der Waals surface area contributed by atoms with Gasteiger partial charge in [-0.25, -0.2) is 9.18 Å². The summed E-state index contributed by atoms with van der Waals surface area (Å²) in [6.07, 6.45) is 0. The van der Waals surface area contributed by atoms with Crippen molar-refractivity contribution in [1.82, 2.24) is 0 Å². The monoisotopic (exact) mass is 306 g/mol. The molecule has 2 aromatic carbocycles. The molecule has 2 aromatic rings. The van der Waals surface area contributed by atoms with E-state index < -0.39 is 22.6 Å². The number of rotatable bonds is 4. The lowest BCUT2D eigenvalue weighted by atomic mass is 10.1. The molecule has 0 aliphatic carbocycles. The lowest BCUT2D eigenvalue weighted by molar-refractivity contribution is 0.0696. The van der Waals surface area contributed by atoms with Gasteiger partial charge in [-0.2, -0.15) is 0 Å². The van der Waals surface area contributed by atoms with Crippen LogP contribution in [-0.2, 0) is 16.6 Å². The van der Waals surface area contributed by atoms with E-state index in [9.17, 15) is 13.4 Å². The van der Waals surface area contributed by atoms with Crippen LogP contribution in [0.1, 0.15) is 27.0 Å². The van der Waals surface area contributed by atoms with Crippen LogP contribution >= 0.6 is 0 Å². The highest BCUT2D eigenvalue weighted by Gasteiger charge is 2.13. The van der Waals surface area contributed by atoms with Crippen LogP contribution in [0.5, 0.6) is 0 Å². The summed E-state index contributed by atoms with van der Waals surface area (Å²) in [4.78, 5) is 11.5. The second-order valence-corrected chi connectivity index (χ2v) is 6.30. The molecule has 21 heavy (non-hydrogen) atoms. The minimum Gasteiger partial charge on any atom is -0.478 e. The van der Waals surface area contributed by atoms with E-state index in [0.29, 0.717) is 4.90 Å². The van der Waals surface area contributed by atoms with Gasteiger partial charge in [-0.3, -0.25) is 4.21 Å². The zero-order chi connectivity index (χ0) is 15.6. The van der Waals surface area contributed by atoms with Gasteiger partial charge in [-0.1, -0.05) is 6.07 Å². The third kappa shape index (κ3) is 3.55. The Kier molecular flexibility index (Phi) is 4.53. The van der Waals surface area contributed by atoms with Crippen LogP contribution < -0.4 is 0 Å². The van der Waals surface area contributed by atoms with Crippen molar-refractivity contribution in [3.8, 4) is 0 Å². The van der Waals surface area contributed by atoms with E-state index >= 15 is 0 Å². The molecule has 0 aliphatic rings. The summed E-state index contributed by atoms with van der Waals surface area (Å²) < 4.78 is 26.0. The standard InChI is InChI=1S/C16H15FO3S/c1-10-3-5-14(7-11(10)2)21(20)9-13-8-12(16(18)19)4-6-15(13)17/h3-8H,9H2,1-2H3,(H,18,19). The van der Waals surface area contributed by atoms with Crippen LogP contribution in [-0.4, -0.2) is 15.3 Å². The van der Waals surface area contributed by atoms with E-state index in [1.165, 1.54) is 12.1 Å². The molecule has 0 spiro atoms. The SMILES string of the molecule is Cc1ccc(S(=O)Cc2cc(C(=O)O)ccc2F)cc1C. The highest BCUT2D eigenvalue weighted by molar-refractivity contribution is 7.84. The third-order valence-electron chi connectivity index (χ3n) is 3.32. The van der Waals surface area contributed by atoms with Crippen molar-refractivity contribution in [2.75, 3.05) is 0 Å². The predicted octanol–water partition coefficient (Wildman–Crippen LogP) is 3.45. The van der Waals surface area contributed by atoms with E-state index in [1.54, 1.807) is 6.07 Å². The van der Waals surface area contributed by atoms with Gasteiger partial charge in [-0.05, 0) is 55.3 Å². The Hall–Kier alpha value is -2.01. The normalized spacial score (nSPS) is 12.1. The van der Waals surface area contributed by atoms with E-state index in [-0.39, 0.29) is 16.9 Å². The minimum absolute atomic E-state index is 0.0107. The van der Waals surface area contributed by atoms with Crippen LogP contribution in [0.2, 0.25) is 0 Å². The first-order valence-electron chi connectivity index (χ1n) is 6.36. The quantitative estimate of drug-likeness (QED) is 0.941. The lowest BCUT2D eigenvalue weighted by Gasteiger charge is -2.07. The smallest absolute Gasteiger partial charge is 0.335 e. The minimum atomic E-state index is -1.42. The molecule has 0 saturated carbocycles. The number of hydrogen-bond donors (Lipinski definition) is 1. The molecule has 0 bridgehead atoms. The molecule has 0 amide bonds. The molecule has 1 unspecified atom stereocenters. The van der Waals surface area contributed by atoms with Crippen molar-refractivity contribution in [3.63, 3.8) is 0 Å². The first-order chi connectivity index (χ1) is 9.88. The van der Waals surface area contributed by atoms with Crippen molar-refractivity contribution in [2.45, 2.75) is 24.5 Å². The Balaban J connectivity index is 2.28. The lowest BCUT2D eigenvalue weighted by Crippen LogP contribution is -2.03. The van der Waals surface area contributed by atoms with Gasteiger partial charge in [0.1, 0.15) is 5.82 Å². The second-order valence-electron chi connectivity index (χ2n) is 4.85. The van der Waals surface area contributed by atoms with Gasteiger partial charge in [0.2, 0.25) is 0 Å². The first-order valence-corrected chi connectivity index (χ1v) is 7.67. The number of benzene rings is 2. The van der Waals surface area contributed by atoms with E-state index in [1.807, 2.05) is 26.0 Å². The van der Waals surface area contributed by atoms with Crippen LogP contribution in [0.25, 0.3) is 0 Å². The molecular formula is C16H15FO3S. The van der Waals surface area contributed by atoms with Crippen molar-refractivity contribution >= 4 is 16.8 Å². The molecule has 0 heterocycles. The number of hydrogen-bond acceptors (Lipinski definition) is 2. The Morgan fingerprint density at radius 2 is 1.86 bits per heavy atom. The van der Waals surface area contributed by atoms with Gasteiger partial charge in [0.25, 0.3) is 0 Å². The van der Waals surface area contributed by atoms with E-state index in [4.69, 9.17) is 5.11 Å². The van der Waals surface area contributed by atoms with Gasteiger partial charge in [0.15, 0.2) is 0 Å². The fraction of sp³-hybridized carbons (Fsp3) is 0.188. The van der Waals surface area contributed by atoms with Gasteiger partial charge in [-0.15, -0.1) is 0 Å². The van der Waals surface area contributed by atoms with Crippen LogP contribution in [0, 0.1) is 19.7 Å². The maximum atomic E-state index is 13.7. The number of aromatic carboxylic acids is 1. The number of carboxylic acids is 1. The fourth-order valence-corrected chi connectivity index (χ4v) is 3.10.